The third kappa shape index (κ3) is 5.90. The van der Waals surface area contributed by atoms with E-state index in [2.05, 4.69) is 43.8 Å². The maximum absolute atomic E-state index is 11.9. The molecule has 1 aromatic carbocycles. The fourth-order valence-corrected chi connectivity index (χ4v) is 2.31. The number of amides is 1. The Kier molecular flexibility index (Phi) is 6.78. The molecule has 0 heterocycles. The molecule has 0 aliphatic rings. The van der Waals surface area contributed by atoms with Gasteiger partial charge in [0.1, 0.15) is 0 Å². The van der Waals surface area contributed by atoms with Crippen molar-refractivity contribution in [3.63, 3.8) is 0 Å². The van der Waals surface area contributed by atoms with Crippen LogP contribution in [0.25, 0.3) is 0 Å². The van der Waals surface area contributed by atoms with Crippen molar-refractivity contribution >= 4 is 50.4 Å². The molecule has 0 fully saturated rings. The van der Waals surface area contributed by atoms with Crippen LogP contribution in [0.4, 0.5) is 0 Å². The molecule has 0 aromatic heterocycles. The van der Waals surface area contributed by atoms with Gasteiger partial charge in [-0.05, 0) is 54.6 Å². The second-order valence-electron chi connectivity index (χ2n) is 4.17. The smallest absolute Gasteiger partial charge is 0.307 e. The molecule has 0 aliphatic carbocycles. The van der Waals surface area contributed by atoms with E-state index in [1.807, 2.05) is 12.1 Å². The number of hydrogen-bond acceptors (Lipinski definition) is 3. The van der Waals surface area contributed by atoms with Gasteiger partial charge in [0.2, 0.25) is 0 Å². The summed E-state index contributed by atoms with van der Waals surface area (Å²) in [7, 11) is 0. The van der Waals surface area contributed by atoms with E-state index in [0.29, 0.717) is 5.56 Å². The first-order chi connectivity index (χ1) is 8.90. The van der Waals surface area contributed by atoms with Crippen LogP contribution in [0.2, 0.25) is 0 Å². The maximum Gasteiger partial charge on any atom is 0.307 e. The summed E-state index contributed by atoms with van der Waals surface area (Å²) >= 11 is 5.43. The van der Waals surface area contributed by atoms with Crippen LogP contribution >= 0.6 is 38.5 Å². The van der Waals surface area contributed by atoms with Crippen molar-refractivity contribution in [2.45, 2.75) is 26.4 Å². The van der Waals surface area contributed by atoms with Crippen molar-refractivity contribution in [1.29, 1.82) is 0 Å². The predicted molar refractivity (Wildman–Crippen MR) is 85.0 cm³/mol. The number of nitrogens with one attached hydrogen (secondary N) is 1. The summed E-state index contributed by atoms with van der Waals surface area (Å²) in [4.78, 5) is 23.2. The van der Waals surface area contributed by atoms with Gasteiger partial charge in [0.15, 0.2) is 0 Å². The van der Waals surface area contributed by atoms with E-state index in [9.17, 15) is 9.59 Å². The molecule has 6 heteroatoms. The van der Waals surface area contributed by atoms with Gasteiger partial charge in [-0.3, -0.25) is 9.59 Å². The fraction of sp³-hybridized carbons (Fsp3) is 0.385. The molecular formula is C13H15BrINO3. The molecule has 0 spiro atoms. The summed E-state index contributed by atoms with van der Waals surface area (Å²) in [5, 5.41) is 2.71. The lowest BCUT2D eigenvalue weighted by Gasteiger charge is -2.09. The van der Waals surface area contributed by atoms with Crippen LogP contribution in [-0.4, -0.2) is 24.5 Å². The van der Waals surface area contributed by atoms with Crippen LogP contribution in [0.15, 0.2) is 22.7 Å². The van der Waals surface area contributed by atoms with Gasteiger partial charge in [-0.2, -0.15) is 0 Å². The van der Waals surface area contributed by atoms with Crippen LogP contribution < -0.4 is 5.32 Å². The second-order valence-corrected chi connectivity index (χ2v) is 6.25. The Labute approximate surface area is 134 Å². The second kappa shape index (κ2) is 7.84. The third-order valence-corrected chi connectivity index (χ3v) is 3.59. The monoisotopic (exact) mass is 439 g/mol. The minimum absolute atomic E-state index is 0.130. The zero-order valence-corrected chi connectivity index (χ0v) is 14.4. The number of esters is 1. The summed E-state index contributed by atoms with van der Waals surface area (Å²) in [6, 6.07) is 5.48. The quantitative estimate of drug-likeness (QED) is 0.566. The van der Waals surface area contributed by atoms with Gasteiger partial charge in [0.05, 0.1) is 18.1 Å². The highest BCUT2D eigenvalue weighted by atomic mass is 127. The highest BCUT2D eigenvalue weighted by molar-refractivity contribution is 14.1. The summed E-state index contributed by atoms with van der Waals surface area (Å²) in [5.41, 5.74) is 0.590. The molecule has 1 rings (SSSR count). The summed E-state index contributed by atoms with van der Waals surface area (Å²) in [6.07, 6.45) is 0.0448. The summed E-state index contributed by atoms with van der Waals surface area (Å²) < 4.78 is 6.69. The molecule has 0 saturated carbocycles. The van der Waals surface area contributed by atoms with Crippen LogP contribution in [0, 0.1) is 3.57 Å². The summed E-state index contributed by atoms with van der Waals surface area (Å²) in [6.45, 7) is 3.85. The van der Waals surface area contributed by atoms with E-state index in [1.54, 1.807) is 19.9 Å². The van der Waals surface area contributed by atoms with Crippen molar-refractivity contribution in [1.82, 2.24) is 5.32 Å². The molecule has 0 bridgehead atoms. The van der Waals surface area contributed by atoms with Gasteiger partial charge in [0, 0.05) is 14.6 Å². The average Bonchev–Trinajstić information content (AvgIpc) is 2.31. The van der Waals surface area contributed by atoms with E-state index >= 15 is 0 Å². The van der Waals surface area contributed by atoms with E-state index in [4.69, 9.17) is 4.74 Å². The molecule has 104 valence electrons. The van der Waals surface area contributed by atoms with Crippen LogP contribution in [-0.2, 0) is 9.53 Å². The van der Waals surface area contributed by atoms with Crippen molar-refractivity contribution in [2.24, 2.45) is 0 Å². The number of halogens is 2. The van der Waals surface area contributed by atoms with E-state index in [-0.39, 0.29) is 30.9 Å². The van der Waals surface area contributed by atoms with E-state index in [1.165, 1.54) is 0 Å². The van der Waals surface area contributed by atoms with Gasteiger partial charge in [0.25, 0.3) is 5.91 Å². The topological polar surface area (TPSA) is 55.4 Å². The molecule has 0 unspecified atom stereocenters. The Hall–Kier alpha value is -0.630. The summed E-state index contributed by atoms with van der Waals surface area (Å²) in [5.74, 6) is -0.498. The molecule has 0 aliphatic heterocycles. The zero-order valence-electron chi connectivity index (χ0n) is 10.7. The lowest BCUT2D eigenvalue weighted by atomic mass is 10.2. The van der Waals surface area contributed by atoms with Crippen molar-refractivity contribution in [3.8, 4) is 0 Å². The SMILES string of the molecule is CC(C)OC(=O)CCNC(=O)c1cc(Br)ccc1I. The highest BCUT2D eigenvalue weighted by Gasteiger charge is 2.11. The molecule has 1 amide bonds. The average molecular weight is 440 g/mol. The predicted octanol–water partition coefficient (Wildman–Crippen LogP) is 3.13. The van der Waals surface area contributed by atoms with Gasteiger partial charge in [-0.15, -0.1) is 0 Å². The number of carbonyl (C=O) groups excluding carboxylic acids is 2. The number of benzene rings is 1. The first-order valence-corrected chi connectivity index (χ1v) is 7.70. The molecule has 1 N–H and O–H groups in total. The minimum atomic E-state index is -0.306. The lowest BCUT2D eigenvalue weighted by Crippen LogP contribution is -2.27. The number of carbonyl (C=O) groups is 2. The fourth-order valence-electron chi connectivity index (χ4n) is 1.37. The molecule has 0 saturated heterocycles. The van der Waals surface area contributed by atoms with E-state index < -0.39 is 0 Å². The van der Waals surface area contributed by atoms with Crippen LogP contribution in [0.5, 0.6) is 0 Å². The lowest BCUT2D eigenvalue weighted by molar-refractivity contribution is -0.147. The van der Waals surface area contributed by atoms with Gasteiger partial charge < -0.3 is 10.1 Å². The van der Waals surface area contributed by atoms with Crippen molar-refractivity contribution in [2.75, 3.05) is 6.54 Å². The largest absolute Gasteiger partial charge is 0.463 e. The normalized spacial score (nSPS) is 10.4. The first-order valence-electron chi connectivity index (χ1n) is 5.83. The Balaban J connectivity index is 2.48. The Morgan fingerprint density at radius 3 is 2.74 bits per heavy atom. The number of rotatable bonds is 5. The third-order valence-electron chi connectivity index (χ3n) is 2.15. The van der Waals surface area contributed by atoms with Gasteiger partial charge >= 0.3 is 5.97 Å². The number of ether oxygens (including phenoxy) is 1. The van der Waals surface area contributed by atoms with Crippen molar-refractivity contribution < 1.29 is 14.3 Å². The Morgan fingerprint density at radius 1 is 1.42 bits per heavy atom. The van der Waals surface area contributed by atoms with E-state index in [0.717, 1.165) is 8.04 Å². The zero-order chi connectivity index (χ0) is 14.4. The molecule has 4 nitrogen and oxygen atoms in total. The molecular weight excluding hydrogens is 425 g/mol. The number of hydrogen-bond donors (Lipinski definition) is 1. The molecule has 19 heavy (non-hydrogen) atoms. The van der Waals surface area contributed by atoms with Gasteiger partial charge in [-0.25, -0.2) is 0 Å². The maximum atomic E-state index is 11.9. The van der Waals surface area contributed by atoms with Crippen molar-refractivity contribution in [3.05, 3.63) is 31.8 Å². The Bertz CT molecular complexity index is 477. The molecule has 0 atom stereocenters. The first kappa shape index (κ1) is 16.4. The van der Waals surface area contributed by atoms with Crippen LogP contribution in [0.1, 0.15) is 30.6 Å². The minimum Gasteiger partial charge on any atom is -0.463 e. The van der Waals surface area contributed by atoms with Gasteiger partial charge in [-0.1, -0.05) is 15.9 Å². The highest BCUT2D eigenvalue weighted by Crippen LogP contribution is 2.18. The van der Waals surface area contributed by atoms with Crippen LogP contribution in [0.3, 0.4) is 0 Å². The Morgan fingerprint density at radius 2 is 2.11 bits per heavy atom. The molecule has 0 radical (unpaired) electrons. The standard InChI is InChI=1S/C13H15BrINO3/c1-8(2)19-12(17)5-6-16-13(18)10-7-9(14)3-4-11(10)15/h3-4,7-8H,5-6H2,1-2H3,(H,16,18). The molecule has 1 aromatic rings.